The minimum atomic E-state index is 0.0530. The first kappa shape index (κ1) is 14.4. The molecule has 0 fully saturated rings. The highest BCUT2D eigenvalue weighted by Gasteiger charge is 2.19. The number of nitrogens with one attached hydrogen (secondary N) is 1. The van der Waals surface area contributed by atoms with E-state index in [2.05, 4.69) is 16.9 Å². The minimum absolute atomic E-state index is 0.0530. The van der Waals surface area contributed by atoms with Crippen LogP contribution in [-0.2, 0) is 7.05 Å². The van der Waals surface area contributed by atoms with Gasteiger partial charge in [-0.1, -0.05) is 6.92 Å². The highest BCUT2D eigenvalue weighted by atomic mass is 16.5. The Morgan fingerprint density at radius 3 is 2.95 bits per heavy atom. The molecule has 0 bridgehead atoms. The Labute approximate surface area is 128 Å². The lowest BCUT2D eigenvalue weighted by Gasteiger charge is -2.10. The summed E-state index contributed by atoms with van der Waals surface area (Å²) in [6, 6.07) is 5.92. The number of carbonyl (C=O) groups excluding carboxylic acids is 1. The molecular formula is C17H19N3O2. The number of benzene rings is 1. The van der Waals surface area contributed by atoms with E-state index in [1.165, 1.54) is 0 Å². The number of aryl methyl sites for hydroxylation is 1. The number of carbonyl (C=O) groups is 1. The molecule has 114 valence electrons. The van der Waals surface area contributed by atoms with Crippen LogP contribution in [0.2, 0.25) is 0 Å². The lowest BCUT2D eigenvalue weighted by atomic mass is 9.95. The summed E-state index contributed by atoms with van der Waals surface area (Å²) in [6.07, 6.45) is 5.83. The zero-order valence-corrected chi connectivity index (χ0v) is 13.0. The number of aromatic nitrogens is 3. The molecule has 0 spiro atoms. The maximum atomic E-state index is 12.4. The van der Waals surface area contributed by atoms with Crippen molar-refractivity contribution >= 4 is 16.7 Å². The van der Waals surface area contributed by atoms with Gasteiger partial charge in [0.25, 0.3) is 0 Å². The minimum Gasteiger partial charge on any atom is -0.497 e. The largest absolute Gasteiger partial charge is 0.497 e. The van der Waals surface area contributed by atoms with Crippen LogP contribution in [0.1, 0.15) is 35.4 Å². The average Bonchev–Trinajstić information content (AvgIpc) is 3.12. The normalized spacial score (nSPS) is 12.5. The Bertz CT molecular complexity index is 816. The highest BCUT2D eigenvalue weighted by molar-refractivity contribution is 5.94. The summed E-state index contributed by atoms with van der Waals surface area (Å²) in [5.41, 5.74) is 2.17. The molecule has 3 aromatic rings. The van der Waals surface area contributed by atoms with Crippen molar-refractivity contribution < 1.29 is 9.53 Å². The van der Waals surface area contributed by atoms with E-state index in [0.29, 0.717) is 12.2 Å². The molecule has 0 saturated heterocycles. The topological polar surface area (TPSA) is 59.9 Å². The van der Waals surface area contributed by atoms with Gasteiger partial charge in [-0.05, 0) is 29.7 Å². The molecule has 0 saturated carbocycles. The predicted molar refractivity (Wildman–Crippen MR) is 85.4 cm³/mol. The number of fused-ring (bicyclic) bond motifs is 1. The quantitative estimate of drug-likeness (QED) is 0.735. The van der Waals surface area contributed by atoms with Crippen molar-refractivity contribution in [3.05, 3.63) is 48.2 Å². The maximum Gasteiger partial charge on any atom is 0.198 e. The van der Waals surface area contributed by atoms with E-state index in [0.717, 1.165) is 22.2 Å². The van der Waals surface area contributed by atoms with Gasteiger partial charge < -0.3 is 14.3 Å². The van der Waals surface area contributed by atoms with E-state index in [1.54, 1.807) is 24.1 Å². The molecule has 1 atom stereocenters. The monoisotopic (exact) mass is 297 g/mol. The first-order chi connectivity index (χ1) is 10.6. The second-order valence-electron chi connectivity index (χ2n) is 5.55. The molecule has 1 aromatic carbocycles. The molecule has 0 amide bonds. The predicted octanol–water partition coefficient (Wildman–Crippen LogP) is 3.29. The van der Waals surface area contributed by atoms with Gasteiger partial charge in [-0.2, -0.15) is 0 Å². The van der Waals surface area contributed by atoms with Crippen molar-refractivity contribution in [2.24, 2.45) is 7.05 Å². The first-order valence-corrected chi connectivity index (χ1v) is 7.25. The fourth-order valence-electron chi connectivity index (χ4n) is 2.77. The molecule has 0 radical (unpaired) electrons. The van der Waals surface area contributed by atoms with Gasteiger partial charge in [-0.15, -0.1) is 0 Å². The summed E-state index contributed by atoms with van der Waals surface area (Å²) in [7, 11) is 3.49. The van der Waals surface area contributed by atoms with Gasteiger partial charge in [0.2, 0.25) is 0 Å². The van der Waals surface area contributed by atoms with Crippen LogP contribution in [0.4, 0.5) is 0 Å². The van der Waals surface area contributed by atoms with E-state index in [1.807, 2.05) is 31.4 Å². The molecular weight excluding hydrogens is 278 g/mol. The second-order valence-corrected chi connectivity index (χ2v) is 5.55. The molecule has 1 N–H and O–H groups in total. The Balaban J connectivity index is 1.87. The van der Waals surface area contributed by atoms with Crippen molar-refractivity contribution in [2.45, 2.75) is 19.3 Å². The van der Waals surface area contributed by atoms with E-state index in [-0.39, 0.29) is 11.7 Å². The van der Waals surface area contributed by atoms with Crippen LogP contribution in [0.3, 0.4) is 0 Å². The SMILES string of the molecule is COc1ccc2[nH]cc([C@H](C)CC(=O)c3nccn3C)c2c1. The van der Waals surface area contributed by atoms with Gasteiger partial charge in [0.15, 0.2) is 11.6 Å². The van der Waals surface area contributed by atoms with Crippen molar-refractivity contribution in [3.8, 4) is 5.75 Å². The van der Waals surface area contributed by atoms with Crippen molar-refractivity contribution in [2.75, 3.05) is 7.11 Å². The number of rotatable bonds is 5. The number of hydrogen-bond donors (Lipinski definition) is 1. The zero-order valence-electron chi connectivity index (χ0n) is 13.0. The van der Waals surface area contributed by atoms with E-state index in [4.69, 9.17) is 4.74 Å². The van der Waals surface area contributed by atoms with Gasteiger partial charge in [0.1, 0.15) is 5.75 Å². The number of H-pyrrole nitrogens is 1. The van der Waals surface area contributed by atoms with Crippen LogP contribution in [0.5, 0.6) is 5.75 Å². The third kappa shape index (κ3) is 2.50. The summed E-state index contributed by atoms with van der Waals surface area (Å²) >= 11 is 0. The first-order valence-electron chi connectivity index (χ1n) is 7.25. The van der Waals surface area contributed by atoms with Crippen molar-refractivity contribution in [1.29, 1.82) is 0 Å². The molecule has 22 heavy (non-hydrogen) atoms. The van der Waals surface area contributed by atoms with Crippen LogP contribution < -0.4 is 4.74 Å². The summed E-state index contributed by atoms with van der Waals surface area (Å²) in [6.45, 7) is 2.06. The second kappa shape index (κ2) is 5.67. The Morgan fingerprint density at radius 2 is 2.27 bits per heavy atom. The number of hydrogen-bond acceptors (Lipinski definition) is 3. The molecule has 3 rings (SSSR count). The van der Waals surface area contributed by atoms with Crippen LogP contribution in [0.25, 0.3) is 10.9 Å². The number of ketones is 1. The van der Waals surface area contributed by atoms with Crippen LogP contribution in [0.15, 0.2) is 36.8 Å². The lowest BCUT2D eigenvalue weighted by Crippen LogP contribution is -2.10. The Morgan fingerprint density at radius 1 is 1.45 bits per heavy atom. The number of methoxy groups -OCH3 is 1. The Hall–Kier alpha value is -2.56. The summed E-state index contributed by atoms with van der Waals surface area (Å²) in [5, 5.41) is 1.10. The maximum absolute atomic E-state index is 12.4. The molecule has 0 aliphatic rings. The smallest absolute Gasteiger partial charge is 0.198 e. The lowest BCUT2D eigenvalue weighted by molar-refractivity contribution is 0.0963. The Kier molecular flexibility index (Phi) is 3.71. The number of ether oxygens (including phenoxy) is 1. The molecule has 0 unspecified atom stereocenters. The van der Waals surface area contributed by atoms with Gasteiger partial charge in [-0.25, -0.2) is 4.98 Å². The average molecular weight is 297 g/mol. The fourth-order valence-corrected chi connectivity index (χ4v) is 2.77. The van der Waals surface area contributed by atoms with E-state index in [9.17, 15) is 4.79 Å². The highest BCUT2D eigenvalue weighted by Crippen LogP contribution is 2.30. The number of aromatic amines is 1. The number of nitrogens with zero attached hydrogens (tertiary/aromatic N) is 2. The van der Waals surface area contributed by atoms with E-state index >= 15 is 0 Å². The fraction of sp³-hybridized carbons (Fsp3) is 0.294. The standard InChI is InChI=1S/C17H19N3O2/c1-11(8-16(21)17-18-6-7-20(17)2)14-10-19-15-5-4-12(22-3)9-13(14)15/h4-7,9-11,19H,8H2,1-3H3/t11-/m1/s1. The molecule has 0 aliphatic carbocycles. The van der Waals surface area contributed by atoms with Crippen LogP contribution in [-0.4, -0.2) is 27.4 Å². The van der Waals surface area contributed by atoms with E-state index < -0.39 is 0 Å². The molecule has 0 aliphatic heterocycles. The number of Topliss-reactive ketones (excluding diaryl/α,β-unsaturated/α-hetero) is 1. The molecule has 5 heteroatoms. The summed E-state index contributed by atoms with van der Waals surface area (Å²) < 4.78 is 7.05. The van der Waals surface area contributed by atoms with Crippen LogP contribution in [0, 0.1) is 0 Å². The van der Waals surface area contributed by atoms with Crippen molar-refractivity contribution in [3.63, 3.8) is 0 Å². The zero-order chi connectivity index (χ0) is 15.7. The third-order valence-electron chi connectivity index (χ3n) is 4.01. The summed E-state index contributed by atoms with van der Waals surface area (Å²) in [5.74, 6) is 1.47. The molecule has 2 aromatic heterocycles. The molecule has 5 nitrogen and oxygen atoms in total. The van der Waals surface area contributed by atoms with Gasteiger partial charge in [0.05, 0.1) is 7.11 Å². The molecule has 2 heterocycles. The van der Waals surface area contributed by atoms with Crippen LogP contribution >= 0.6 is 0 Å². The number of imidazole rings is 1. The van der Waals surface area contributed by atoms with Gasteiger partial charge >= 0.3 is 0 Å². The van der Waals surface area contributed by atoms with Gasteiger partial charge in [0, 0.05) is 43.0 Å². The third-order valence-corrected chi connectivity index (χ3v) is 4.01. The summed E-state index contributed by atoms with van der Waals surface area (Å²) in [4.78, 5) is 19.8. The van der Waals surface area contributed by atoms with Gasteiger partial charge in [-0.3, -0.25) is 4.79 Å². The van der Waals surface area contributed by atoms with Crippen molar-refractivity contribution in [1.82, 2.24) is 14.5 Å².